The average molecular weight is 464 g/mol. The zero-order valence-corrected chi connectivity index (χ0v) is 19.5. The highest BCUT2D eigenvalue weighted by atomic mass is 16.5. The number of aliphatic hydroxyl groups is 1. The summed E-state index contributed by atoms with van der Waals surface area (Å²) in [5.41, 5.74) is 2.19. The lowest BCUT2D eigenvalue weighted by Gasteiger charge is -2.25. The molecule has 1 fully saturated rings. The number of likely N-dealkylation sites (tertiary alicyclic amines) is 1. The Labute approximate surface area is 199 Å². The number of methoxy groups -OCH3 is 1. The number of ketones is 1. The van der Waals surface area contributed by atoms with Crippen molar-refractivity contribution < 1.29 is 28.9 Å². The molecule has 2 aromatic carbocycles. The lowest BCUT2D eigenvalue weighted by atomic mass is 9.94. The fraction of sp³-hybridized carbons (Fsp3) is 0.333. The number of hydrogen-bond donors (Lipinski definition) is 1. The van der Waals surface area contributed by atoms with Gasteiger partial charge in [0.15, 0.2) is 0 Å². The number of rotatable bonds is 9. The maximum absolute atomic E-state index is 13.2. The van der Waals surface area contributed by atoms with E-state index >= 15 is 0 Å². The molecule has 2 heterocycles. The van der Waals surface area contributed by atoms with Gasteiger partial charge in [-0.25, -0.2) is 0 Å². The summed E-state index contributed by atoms with van der Waals surface area (Å²) in [5, 5.41) is 11.3. The first-order chi connectivity index (χ1) is 16.4. The number of aliphatic hydroxyl groups excluding tert-OH is 1. The molecule has 0 aromatic heterocycles. The van der Waals surface area contributed by atoms with Crippen molar-refractivity contribution in [2.75, 3.05) is 26.9 Å². The van der Waals surface area contributed by atoms with Gasteiger partial charge in [0, 0.05) is 32.2 Å². The van der Waals surface area contributed by atoms with Crippen molar-refractivity contribution in [2.24, 2.45) is 0 Å². The molecule has 178 valence electrons. The van der Waals surface area contributed by atoms with E-state index in [0.717, 1.165) is 11.3 Å². The molecular weight excluding hydrogens is 434 g/mol. The summed E-state index contributed by atoms with van der Waals surface area (Å²) in [6.07, 6.45) is 2.97. The number of ether oxygens (including phenoxy) is 3. The molecule has 1 amide bonds. The van der Waals surface area contributed by atoms with Gasteiger partial charge in [0.2, 0.25) is 0 Å². The lowest BCUT2D eigenvalue weighted by molar-refractivity contribution is -0.140. The first-order valence-electron chi connectivity index (χ1n) is 11.4. The number of amides is 1. The van der Waals surface area contributed by atoms with E-state index in [0.29, 0.717) is 49.5 Å². The van der Waals surface area contributed by atoms with Crippen LogP contribution in [0.15, 0.2) is 60.7 Å². The van der Waals surface area contributed by atoms with E-state index in [-0.39, 0.29) is 17.4 Å². The van der Waals surface area contributed by atoms with Gasteiger partial charge in [-0.3, -0.25) is 9.59 Å². The van der Waals surface area contributed by atoms with E-state index in [4.69, 9.17) is 14.2 Å². The van der Waals surface area contributed by atoms with Crippen LogP contribution in [-0.4, -0.2) is 54.7 Å². The normalized spacial score (nSPS) is 20.8. The van der Waals surface area contributed by atoms with E-state index in [1.165, 1.54) is 4.90 Å². The Morgan fingerprint density at radius 1 is 1.26 bits per heavy atom. The first kappa shape index (κ1) is 23.6. The van der Waals surface area contributed by atoms with Crippen LogP contribution >= 0.6 is 0 Å². The fourth-order valence-electron chi connectivity index (χ4n) is 4.49. The first-order valence-corrected chi connectivity index (χ1v) is 11.4. The van der Waals surface area contributed by atoms with E-state index in [2.05, 4.69) is 6.58 Å². The van der Waals surface area contributed by atoms with Crippen LogP contribution in [0.3, 0.4) is 0 Å². The maximum atomic E-state index is 13.2. The molecule has 0 aliphatic carbocycles. The van der Waals surface area contributed by atoms with Crippen LogP contribution in [0.25, 0.3) is 5.76 Å². The Morgan fingerprint density at radius 3 is 2.85 bits per heavy atom. The summed E-state index contributed by atoms with van der Waals surface area (Å²) in [6, 6.07) is 11.8. The monoisotopic (exact) mass is 463 g/mol. The summed E-state index contributed by atoms with van der Waals surface area (Å²) >= 11 is 0. The van der Waals surface area contributed by atoms with Crippen LogP contribution in [0.1, 0.15) is 36.1 Å². The van der Waals surface area contributed by atoms with Crippen molar-refractivity contribution in [1.82, 2.24) is 4.90 Å². The molecule has 7 heteroatoms. The Hall–Kier alpha value is -3.58. The zero-order chi connectivity index (χ0) is 24.2. The minimum Gasteiger partial charge on any atom is -0.507 e. The Morgan fingerprint density at radius 2 is 2.09 bits per heavy atom. The topological polar surface area (TPSA) is 85.3 Å². The maximum Gasteiger partial charge on any atom is 0.295 e. The van der Waals surface area contributed by atoms with Crippen LogP contribution in [0.2, 0.25) is 0 Å². The van der Waals surface area contributed by atoms with Crippen LogP contribution in [0.4, 0.5) is 0 Å². The third-order valence-corrected chi connectivity index (χ3v) is 6.00. The number of carbonyl (C=O) groups is 2. The number of hydrogen-bond acceptors (Lipinski definition) is 6. The minimum absolute atomic E-state index is 0.0528. The zero-order valence-electron chi connectivity index (χ0n) is 19.5. The van der Waals surface area contributed by atoms with Gasteiger partial charge in [-0.15, -0.1) is 0 Å². The second-order valence-electron chi connectivity index (χ2n) is 8.47. The van der Waals surface area contributed by atoms with Gasteiger partial charge in [0.1, 0.15) is 30.0 Å². The fourth-order valence-corrected chi connectivity index (χ4v) is 4.49. The molecule has 0 spiro atoms. The smallest absolute Gasteiger partial charge is 0.295 e. The number of Topliss-reactive ketones (excluding diaryl/α,β-unsaturated/α-hetero) is 1. The van der Waals surface area contributed by atoms with Crippen LogP contribution < -0.4 is 9.47 Å². The molecule has 4 rings (SSSR count). The number of fused-ring (bicyclic) bond motifs is 1. The van der Waals surface area contributed by atoms with E-state index in [9.17, 15) is 14.7 Å². The molecule has 1 N–H and O–H groups in total. The lowest BCUT2D eigenvalue weighted by Crippen LogP contribution is -2.31. The second-order valence-corrected chi connectivity index (χ2v) is 8.47. The Kier molecular flexibility index (Phi) is 7.03. The molecule has 0 bridgehead atoms. The molecule has 2 aliphatic rings. The van der Waals surface area contributed by atoms with Crippen molar-refractivity contribution in [3.63, 3.8) is 0 Å². The highest BCUT2D eigenvalue weighted by Gasteiger charge is 2.46. The van der Waals surface area contributed by atoms with E-state index < -0.39 is 17.7 Å². The van der Waals surface area contributed by atoms with Gasteiger partial charge in [0.25, 0.3) is 11.7 Å². The Balaban J connectivity index is 1.79. The van der Waals surface area contributed by atoms with Crippen molar-refractivity contribution in [3.8, 4) is 11.5 Å². The third-order valence-electron chi connectivity index (χ3n) is 6.00. The van der Waals surface area contributed by atoms with Crippen molar-refractivity contribution in [1.29, 1.82) is 0 Å². The molecule has 2 aromatic rings. The minimum atomic E-state index is -0.743. The number of carbonyl (C=O) groups excluding carboxylic acids is 2. The predicted octanol–water partition coefficient (Wildman–Crippen LogP) is 4.03. The van der Waals surface area contributed by atoms with Crippen LogP contribution in [0.5, 0.6) is 11.5 Å². The summed E-state index contributed by atoms with van der Waals surface area (Å²) in [4.78, 5) is 27.7. The predicted molar refractivity (Wildman–Crippen MR) is 128 cm³/mol. The SMILES string of the molecule is C=CCOc1cccc(C2/C(=C(/O)c3ccc4c(c3)CC(C)O4)C(=O)C(=O)N2CCCOC)c1. The van der Waals surface area contributed by atoms with Crippen molar-refractivity contribution in [3.05, 3.63) is 77.4 Å². The van der Waals surface area contributed by atoms with Gasteiger partial charge in [-0.1, -0.05) is 24.8 Å². The van der Waals surface area contributed by atoms with Gasteiger partial charge in [0.05, 0.1) is 11.6 Å². The van der Waals surface area contributed by atoms with Gasteiger partial charge >= 0.3 is 0 Å². The molecule has 2 unspecified atom stereocenters. The van der Waals surface area contributed by atoms with Gasteiger partial charge in [-0.2, -0.15) is 0 Å². The largest absolute Gasteiger partial charge is 0.507 e. The molecule has 1 saturated heterocycles. The summed E-state index contributed by atoms with van der Waals surface area (Å²) in [6.45, 7) is 6.73. The van der Waals surface area contributed by atoms with Crippen molar-refractivity contribution in [2.45, 2.75) is 31.9 Å². The van der Waals surface area contributed by atoms with Gasteiger partial charge < -0.3 is 24.2 Å². The van der Waals surface area contributed by atoms with E-state index in [1.807, 2.05) is 19.1 Å². The van der Waals surface area contributed by atoms with Crippen LogP contribution in [0, 0.1) is 0 Å². The molecule has 2 aliphatic heterocycles. The van der Waals surface area contributed by atoms with Gasteiger partial charge in [-0.05, 0) is 54.8 Å². The third kappa shape index (κ3) is 4.56. The number of nitrogens with zero attached hydrogens (tertiary/aromatic N) is 1. The molecule has 34 heavy (non-hydrogen) atoms. The van der Waals surface area contributed by atoms with E-state index in [1.54, 1.807) is 43.5 Å². The average Bonchev–Trinajstić information content (AvgIpc) is 3.33. The number of benzene rings is 2. The summed E-state index contributed by atoms with van der Waals surface area (Å²) < 4.78 is 16.6. The molecule has 7 nitrogen and oxygen atoms in total. The highest BCUT2D eigenvalue weighted by Crippen LogP contribution is 2.41. The second kappa shape index (κ2) is 10.1. The summed E-state index contributed by atoms with van der Waals surface area (Å²) in [5.74, 6) is -0.186. The summed E-state index contributed by atoms with van der Waals surface area (Å²) in [7, 11) is 1.59. The van der Waals surface area contributed by atoms with Crippen LogP contribution in [-0.2, 0) is 20.7 Å². The highest BCUT2D eigenvalue weighted by molar-refractivity contribution is 6.46. The molecule has 2 atom stereocenters. The molecule has 0 saturated carbocycles. The standard InChI is InChI=1S/C27H29NO6/c1-4-12-33-21-8-5-7-18(16-21)24-23(26(30)27(31)28(24)11-6-13-32-3)25(29)19-9-10-22-20(15-19)14-17(2)34-22/h4-5,7-10,15-17,24,29H,1,6,11-14H2,2-3H3/b25-23-. The Bertz CT molecular complexity index is 1140. The molecular formula is C27H29NO6. The quantitative estimate of drug-likeness (QED) is 0.199. The molecule has 0 radical (unpaired) electrons. The van der Waals surface area contributed by atoms with Crippen molar-refractivity contribution >= 4 is 17.4 Å².